The molecule has 0 heterocycles. The van der Waals surface area contributed by atoms with E-state index >= 15 is 0 Å². The molecule has 2 saturated carbocycles. The Labute approximate surface area is 160 Å². The van der Waals surface area contributed by atoms with E-state index in [2.05, 4.69) is 18.7 Å². The number of unbranched alkanes of at least 4 members (excludes halogenated alkanes) is 3. The molecule has 4 heteroatoms. The van der Waals surface area contributed by atoms with E-state index in [1.807, 2.05) is 0 Å². The van der Waals surface area contributed by atoms with Crippen molar-refractivity contribution in [2.45, 2.75) is 116 Å². The molecule has 0 aromatic carbocycles. The number of amides is 2. The maximum Gasteiger partial charge on any atom is 0.223 e. The lowest BCUT2D eigenvalue weighted by molar-refractivity contribution is -0.141. The van der Waals surface area contributed by atoms with Crippen LogP contribution in [0.3, 0.4) is 0 Å². The van der Waals surface area contributed by atoms with Gasteiger partial charge in [-0.1, -0.05) is 52.4 Å². The Balaban J connectivity index is 1.91. The molecule has 26 heavy (non-hydrogen) atoms. The van der Waals surface area contributed by atoms with E-state index < -0.39 is 0 Å². The maximum atomic E-state index is 13.2. The molecule has 0 aliphatic heterocycles. The minimum Gasteiger partial charge on any atom is -0.370 e. The molecule has 150 valence electrons. The Morgan fingerprint density at radius 1 is 0.769 bits per heavy atom. The van der Waals surface area contributed by atoms with Crippen molar-refractivity contribution >= 4 is 11.8 Å². The van der Waals surface area contributed by atoms with Crippen LogP contribution in [0.5, 0.6) is 0 Å². The molecule has 4 atom stereocenters. The first-order valence-electron chi connectivity index (χ1n) is 11.1. The number of hydrogen-bond donors (Lipinski definition) is 1. The fourth-order valence-electron chi connectivity index (χ4n) is 5.09. The van der Waals surface area contributed by atoms with Gasteiger partial charge in [-0.25, -0.2) is 0 Å². The third-order valence-electron chi connectivity index (χ3n) is 6.70. The average molecular weight is 365 g/mol. The molecule has 0 radical (unpaired) electrons. The molecule has 2 fully saturated rings. The third-order valence-corrected chi connectivity index (χ3v) is 6.70. The minimum atomic E-state index is -0.218. The Morgan fingerprint density at radius 3 is 1.69 bits per heavy atom. The zero-order chi connectivity index (χ0) is 18.9. The normalized spacial score (nSPS) is 29.3. The Kier molecular flexibility index (Phi) is 8.94. The molecule has 2 aliphatic carbocycles. The smallest absolute Gasteiger partial charge is 0.223 e. The van der Waals surface area contributed by atoms with Crippen LogP contribution >= 0.6 is 0 Å². The van der Waals surface area contributed by atoms with Gasteiger partial charge in [-0.05, 0) is 50.4 Å². The molecule has 0 aromatic heterocycles. The SMILES string of the molecule is CC1CCCCC1N(C(=O)CCCCCCC(N)=O)C1CCCCC1C. The molecular weight excluding hydrogens is 324 g/mol. The second-order valence-corrected chi connectivity index (χ2v) is 8.84. The predicted octanol–water partition coefficient (Wildman–Crippen LogP) is 4.80. The summed E-state index contributed by atoms with van der Waals surface area (Å²) in [7, 11) is 0. The van der Waals surface area contributed by atoms with Crippen LogP contribution < -0.4 is 5.73 Å². The van der Waals surface area contributed by atoms with Crippen molar-refractivity contribution in [1.29, 1.82) is 0 Å². The molecule has 2 N–H and O–H groups in total. The van der Waals surface area contributed by atoms with E-state index in [1.165, 1.54) is 51.4 Å². The minimum absolute atomic E-state index is 0.218. The van der Waals surface area contributed by atoms with E-state index in [-0.39, 0.29) is 5.91 Å². The van der Waals surface area contributed by atoms with Gasteiger partial charge in [0.05, 0.1) is 0 Å². The summed E-state index contributed by atoms with van der Waals surface area (Å²) in [6.07, 6.45) is 15.0. The highest BCUT2D eigenvalue weighted by Gasteiger charge is 2.37. The third kappa shape index (κ3) is 6.28. The second kappa shape index (κ2) is 10.9. The summed E-state index contributed by atoms with van der Waals surface area (Å²) in [5.41, 5.74) is 5.19. The van der Waals surface area contributed by atoms with Crippen LogP contribution in [-0.4, -0.2) is 28.8 Å². The van der Waals surface area contributed by atoms with Crippen molar-refractivity contribution in [2.75, 3.05) is 0 Å². The summed E-state index contributed by atoms with van der Waals surface area (Å²) >= 11 is 0. The zero-order valence-electron chi connectivity index (χ0n) is 17.0. The van der Waals surface area contributed by atoms with Crippen LogP contribution in [0.15, 0.2) is 0 Å². The largest absolute Gasteiger partial charge is 0.370 e. The highest BCUT2D eigenvalue weighted by Crippen LogP contribution is 2.36. The highest BCUT2D eigenvalue weighted by molar-refractivity contribution is 5.77. The predicted molar refractivity (Wildman–Crippen MR) is 107 cm³/mol. The summed E-state index contributed by atoms with van der Waals surface area (Å²) in [6, 6.07) is 0.910. The first kappa shape index (κ1) is 21.2. The lowest BCUT2D eigenvalue weighted by atomic mass is 9.79. The molecule has 2 aliphatic rings. The Bertz CT molecular complexity index is 429. The number of rotatable bonds is 9. The van der Waals surface area contributed by atoms with E-state index in [4.69, 9.17) is 5.73 Å². The average Bonchev–Trinajstić information content (AvgIpc) is 2.61. The molecule has 4 unspecified atom stereocenters. The van der Waals surface area contributed by atoms with Gasteiger partial charge in [0.1, 0.15) is 0 Å². The van der Waals surface area contributed by atoms with Crippen molar-refractivity contribution < 1.29 is 9.59 Å². The van der Waals surface area contributed by atoms with Crippen molar-refractivity contribution in [3.8, 4) is 0 Å². The zero-order valence-corrected chi connectivity index (χ0v) is 17.0. The molecule has 0 spiro atoms. The molecule has 0 bridgehead atoms. The van der Waals surface area contributed by atoms with Gasteiger partial charge in [-0.2, -0.15) is 0 Å². The van der Waals surface area contributed by atoms with Crippen LogP contribution in [0.1, 0.15) is 104 Å². The summed E-state index contributed by atoms with van der Waals surface area (Å²) in [5.74, 6) is 1.44. The van der Waals surface area contributed by atoms with E-state index in [0.29, 0.717) is 42.7 Å². The number of primary amides is 1. The van der Waals surface area contributed by atoms with Gasteiger partial charge < -0.3 is 10.6 Å². The molecule has 0 saturated heterocycles. The van der Waals surface area contributed by atoms with Gasteiger partial charge in [0.25, 0.3) is 0 Å². The van der Waals surface area contributed by atoms with Crippen LogP contribution in [0.2, 0.25) is 0 Å². The van der Waals surface area contributed by atoms with Gasteiger partial charge in [-0.3, -0.25) is 9.59 Å². The highest BCUT2D eigenvalue weighted by atomic mass is 16.2. The molecule has 2 rings (SSSR count). The first-order valence-corrected chi connectivity index (χ1v) is 11.1. The molecule has 4 nitrogen and oxygen atoms in total. The van der Waals surface area contributed by atoms with Gasteiger partial charge >= 0.3 is 0 Å². The van der Waals surface area contributed by atoms with E-state index in [9.17, 15) is 9.59 Å². The fraction of sp³-hybridized carbons (Fsp3) is 0.909. The monoisotopic (exact) mass is 364 g/mol. The van der Waals surface area contributed by atoms with Crippen LogP contribution in [0.4, 0.5) is 0 Å². The number of carbonyl (C=O) groups excluding carboxylic acids is 2. The number of hydrogen-bond acceptors (Lipinski definition) is 2. The van der Waals surface area contributed by atoms with Crippen molar-refractivity contribution in [3.63, 3.8) is 0 Å². The first-order chi connectivity index (χ1) is 12.5. The van der Waals surface area contributed by atoms with Gasteiger partial charge in [0.15, 0.2) is 0 Å². The van der Waals surface area contributed by atoms with E-state index in [1.54, 1.807) is 0 Å². The maximum absolute atomic E-state index is 13.2. The standard InChI is InChI=1S/C22H40N2O2/c1-17-11-7-9-13-19(17)24(20-14-10-8-12-18(20)2)22(26)16-6-4-3-5-15-21(23)25/h17-20H,3-16H2,1-2H3,(H2,23,25). The second-order valence-electron chi connectivity index (χ2n) is 8.84. The number of nitrogens with two attached hydrogens (primary N) is 1. The topological polar surface area (TPSA) is 63.4 Å². The van der Waals surface area contributed by atoms with Crippen LogP contribution in [0, 0.1) is 11.8 Å². The summed E-state index contributed by atoms with van der Waals surface area (Å²) in [6.45, 7) is 4.70. The number of carbonyl (C=O) groups is 2. The summed E-state index contributed by atoms with van der Waals surface area (Å²) < 4.78 is 0. The molecular formula is C22H40N2O2. The van der Waals surface area contributed by atoms with Crippen molar-refractivity contribution in [3.05, 3.63) is 0 Å². The van der Waals surface area contributed by atoms with Crippen LogP contribution in [0.25, 0.3) is 0 Å². The Morgan fingerprint density at radius 2 is 1.23 bits per heavy atom. The van der Waals surface area contributed by atoms with E-state index in [0.717, 1.165) is 25.7 Å². The Hall–Kier alpha value is -1.06. The van der Waals surface area contributed by atoms with Crippen molar-refractivity contribution in [2.24, 2.45) is 17.6 Å². The lowest BCUT2D eigenvalue weighted by Gasteiger charge is -2.47. The summed E-state index contributed by atoms with van der Waals surface area (Å²) in [4.78, 5) is 26.4. The van der Waals surface area contributed by atoms with Gasteiger partial charge in [-0.15, -0.1) is 0 Å². The lowest BCUT2D eigenvalue weighted by Crippen LogP contribution is -2.53. The molecule has 0 aromatic rings. The fourth-order valence-corrected chi connectivity index (χ4v) is 5.09. The molecule has 2 amide bonds. The number of nitrogens with zero attached hydrogens (tertiary/aromatic N) is 1. The summed E-state index contributed by atoms with van der Waals surface area (Å²) in [5, 5.41) is 0. The van der Waals surface area contributed by atoms with Crippen molar-refractivity contribution in [1.82, 2.24) is 4.90 Å². The van der Waals surface area contributed by atoms with Gasteiger partial charge in [0.2, 0.25) is 11.8 Å². The quantitative estimate of drug-likeness (QED) is 0.597. The van der Waals surface area contributed by atoms with Gasteiger partial charge in [0, 0.05) is 24.9 Å². The van der Waals surface area contributed by atoms with Crippen LogP contribution in [-0.2, 0) is 9.59 Å².